The van der Waals surface area contributed by atoms with E-state index in [1.54, 1.807) is 14.2 Å². The van der Waals surface area contributed by atoms with Crippen molar-refractivity contribution in [3.8, 4) is 28.7 Å². The van der Waals surface area contributed by atoms with Gasteiger partial charge in [-0.05, 0) is 34.0 Å². The molecule has 4 rings (SSSR count). The zero-order chi connectivity index (χ0) is 18.1. The molecule has 0 atom stereocenters. The summed E-state index contributed by atoms with van der Waals surface area (Å²) < 4.78 is 10.9. The van der Waals surface area contributed by atoms with Crippen LogP contribution in [0.2, 0.25) is 0 Å². The summed E-state index contributed by atoms with van der Waals surface area (Å²) in [5.41, 5.74) is 2.83. The lowest BCUT2D eigenvalue weighted by molar-refractivity contribution is 0.355. The highest BCUT2D eigenvalue weighted by Crippen LogP contribution is 2.41. The second kappa shape index (κ2) is 6.42. The molecule has 0 fully saturated rings. The van der Waals surface area contributed by atoms with E-state index in [-0.39, 0.29) is 0 Å². The van der Waals surface area contributed by atoms with E-state index in [9.17, 15) is 5.26 Å². The van der Waals surface area contributed by atoms with Crippen LogP contribution in [-0.4, -0.2) is 14.2 Å². The van der Waals surface area contributed by atoms with Crippen molar-refractivity contribution >= 4 is 21.5 Å². The number of benzene rings is 4. The van der Waals surface area contributed by atoms with Crippen molar-refractivity contribution in [3.05, 3.63) is 72.3 Å². The fourth-order valence-electron chi connectivity index (χ4n) is 3.55. The standard InChI is InChI=1S/C23H17NO2/c1-25-21-12-11-15(13-22(21)26-2)23-18-9-5-3-7-16(18)20(14-24)17-8-4-6-10-19(17)23/h3-13H,1-2H3. The Balaban J connectivity index is 2.17. The molecule has 0 radical (unpaired) electrons. The third kappa shape index (κ3) is 2.35. The lowest BCUT2D eigenvalue weighted by Gasteiger charge is -2.15. The van der Waals surface area contributed by atoms with Gasteiger partial charge < -0.3 is 9.47 Å². The van der Waals surface area contributed by atoms with Gasteiger partial charge in [0.05, 0.1) is 19.8 Å². The van der Waals surface area contributed by atoms with E-state index < -0.39 is 0 Å². The van der Waals surface area contributed by atoms with Crippen LogP contribution in [0.4, 0.5) is 0 Å². The number of fused-ring (bicyclic) bond motifs is 2. The van der Waals surface area contributed by atoms with Gasteiger partial charge >= 0.3 is 0 Å². The quantitative estimate of drug-likeness (QED) is 0.460. The van der Waals surface area contributed by atoms with Gasteiger partial charge in [-0.1, -0.05) is 54.6 Å². The van der Waals surface area contributed by atoms with E-state index in [2.05, 4.69) is 18.2 Å². The summed E-state index contributed by atoms with van der Waals surface area (Å²) in [6, 6.07) is 24.4. The molecule has 0 aliphatic heterocycles. The number of hydrogen-bond acceptors (Lipinski definition) is 3. The molecule has 0 aliphatic carbocycles. The van der Waals surface area contributed by atoms with Gasteiger partial charge in [0.25, 0.3) is 0 Å². The minimum Gasteiger partial charge on any atom is -0.493 e. The molecule has 26 heavy (non-hydrogen) atoms. The van der Waals surface area contributed by atoms with Crippen molar-refractivity contribution in [1.29, 1.82) is 5.26 Å². The Bertz CT molecular complexity index is 1120. The molecule has 0 heterocycles. The molecule has 3 heteroatoms. The Labute approximate surface area is 152 Å². The average Bonchev–Trinajstić information content (AvgIpc) is 2.71. The molecule has 0 amide bonds. The van der Waals surface area contributed by atoms with Crippen molar-refractivity contribution in [3.63, 3.8) is 0 Å². The summed E-state index contributed by atoms with van der Waals surface area (Å²) >= 11 is 0. The minimum absolute atomic E-state index is 0.683. The van der Waals surface area contributed by atoms with Gasteiger partial charge in [-0.3, -0.25) is 0 Å². The van der Waals surface area contributed by atoms with E-state index >= 15 is 0 Å². The van der Waals surface area contributed by atoms with E-state index in [0.717, 1.165) is 32.7 Å². The molecular weight excluding hydrogens is 322 g/mol. The highest BCUT2D eigenvalue weighted by molar-refractivity contribution is 6.16. The number of ether oxygens (including phenoxy) is 2. The van der Waals surface area contributed by atoms with Crippen LogP contribution in [-0.2, 0) is 0 Å². The molecule has 4 aromatic carbocycles. The third-order valence-electron chi connectivity index (χ3n) is 4.72. The molecule has 0 unspecified atom stereocenters. The highest BCUT2D eigenvalue weighted by atomic mass is 16.5. The largest absolute Gasteiger partial charge is 0.493 e. The Hall–Kier alpha value is -3.51. The molecule has 0 saturated carbocycles. The van der Waals surface area contributed by atoms with Crippen LogP contribution < -0.4 is 9.47 Å². The zero-order valence-corrected chi connectivity index (χ0v) is 14.6. The first kappa shape index (κ1) is 16.0. The molecule has 4 aromatic rings. The molecule has 126 valence electrons. The molecular formula is C23H17NO2. The second-order valence-electron chi connectivity index (χ2n) is 6.02. The summed E-state index contributed by atoms with van der Waals surface area (Å²) in [5.74, 6) is 1.38. The maximum Gasteiger partial charge on any atom is 0.161 e. The summed E-state index contributed by atoms with van der Waals surface area (Å²) in [6.07, 6.45) is 0. The number of methoxy groups -OCH3 is 2. The van der Waals surface area contributed by atoms with Crippen molar-refractivity contribution < 1.29 is 9.47 Å². The summed E-state index contributed by atoms with van der Waals surface area (Å²) in [5, 5.41) is 13.8. The van der Waals surface area contributed by atoms with Crippen molar-refractivity contribution in [2.24, 2.45) is 0 Å². The minimum atomic E-state index is 0.683. The van der Waals surface area contributed by atoms with Gasteiger partial charge in [-0.25, -0.2) is 0 Å². The van der Waals surface area contributed by atoms with Crippen LogP contribution in [0, 0.1) is 11.3 Å². The van der Waals surface area contributed by atoms with Gasteiger partial charge in [0.1, 0.15) is 6.07 Å². The highest BCUT2D eigenvalue weighted by Gasteiger charge is 2.16. The fraction of sp³-hybridized carbons (Fsp3) is 0.0870. The van der Waals surface area contributed by atoms with E-state index in [0.29, 0.717) is 17.1 Å². The van der Waals surface area contributed by atoms with Crippen LogP contribution in [0.3, 0.4) is 0 Å². The Morgan fingerprint density at radius 3 is 1.73 bits per heavy atom. The Kier molecular flexibility index (Phi) is 3.95. The van der Waals surface area contributed by atoms with Gasteiger partial charge in [-0.2, -0.15) is 5.26 Å². The first-order valence-corrected chi connectivity index (χ1v) is 8.34. The number of nitriles is 1. The van der Waals surface area contributed by atoms with Crippen LogP contribution in [0.1, 0.15) is 5.56 Å². The first-order valence-electron chi connectivity index (χ1n) is 8.34. The molecule has 0 bridgehead atoms. The lowest BCUT2D eigenvalue weighted by atomic mass is 9.89. The van der Waals surface area contributed by atoms with Crippen LogP contribution in [0.5, 0.6) is 11.5 Å². The van der Waals surface area contributed by atoms with Crippen LogP contribution in [0.15, 0.2) is 66.7 Å². The maximum atomic E-state index is 9.76. The number of nitrogens with zero attached hydrogens (tertiary/aromatic N) is 1. The van der Waals surface area contributed by atoms with Crippen molar-refractivity contribution in [2.75, 3.05) is 14.2 Å². The third-order valence-corrected chi connectivity index (χ3v) is 4.72. The lowest BCUT2D eigenvalue weighted by Crippen LogP contribution is -1.93. The Morgan fingerprint density at radius 1 is 0.692 bits per heavy atom. The Morgan fingerprint density at radius 2 is 1.23 bits per heavy atom. The van der Waals surface area contributed by atoms with Gasteiger partial charge in [0.2, 0.25) is 0 Å². The van der Waals surface area contributed by atoms with Crippen LogP contribution in [0.25, 0.3) is 32.7 Å². The predicted octanol–water partition coefficient (Wildman–Crippen LogP) is 5.55. The van der Waals surface area contributed by atoms with E-state index in [4.69, 9.17) is 9.47 Å². The number of rotatable bonds is 3. The van der Waals surface area contributed by atoms with Gasteiger partial charge in [-0.15, -0.1) is 0 Å². The van der Waals surface area contributed by atoms with E-state index in [1.165, 1.54) is 0 Å². The molecule has 0 spiro atoms. The maximum absolute atomic E-state index is 9.76. The topological polar surface area (TPSA) is 42.2 Å². The fourth-order valence-corrected chi connectivity index (χ4v) is 3.55. The normalized spacial score (nSPS) is 10.7. The second-order valence-corrected chi connectivity index (χ2v) is 6.02. The first-order chi connectivity index (χ1) is 12.8. The molecule has 0 N–H and O–H groups in total. The van der Waals surface area contributed by atoms with Crippen molar-refractivity contribution in [1.82, 2.24) is 0 Å². The molecule has 3 nitrogen and oxygen atoms in total. The summed E-state index contributed by atoms with van der Waals surface area (Å²) in [4.78, 5) is 0. The predicted molar refractivity (Wildman–Crippen MR) is 105 cm³/mol. The summed E-state index contributed by atoms with van der Waals surface area (Å²) in [6.45, 7) is 0. The summed E-state index contributed by atoms with van der Waals surface area (Å²) in [7, 11) is 3.26. The van der Waals surface area contributed by atoms with Gasteiger partial charge in [0, 0.05) is 10.8 Å². The average molecular weight is 339 g/mol. The molecule has 0 aromatic heterocycles. The SMILES string of the molecule is COc1ccc(-c2c3ccccc3c(C#N)c3ccccc23)cc1OC. The molecule has 0 aliphatic rings. The van der Waals surface area contributed by atoms with Gasteiger partial charge in [0.15, 0.2) is 11.5 Å². The van der Waals surface area contributed by atoms with Crippen LogP contribution >= 0.6 is 0 Å². The van der Waals surface area contributed by atoms with E-state index in [1.807, 2.05) is 54.6 Å². The van der Waals surface area contributed by atoms with Crippen molar-refractivity contribution in [2.45, 2.75) is 0 Å². The zero-order valence-electron chi connectivity index (χ0n) is 14.6. The molecule has 0 saturated heterocycles. The number of hydrogen-bond donors (Lipinski definition) is 0. The monoisotopic (exact) mass is 339 g/mol. The smallest absolute Gasteiger partial charge is 0.161 e.